The van der Waals surface area contributed by atoms with Gasteiger partial charge in [-0.15, -0.1) is 0 Å². The van der Waals surface area contributed by atoms with Gasteiger partial charge in [0.25, 0.3) is 0 Å². The van der Waals surface area contributed by atoms with Crippen LogP contribution in [0.3, 0.4) is 0 Å². The Morgan fingerprint density at radius 2 is 1.50 bits per heavy atom. The number of rotatable bonds is 1. The van der Waals surface area contributed by atoms with Crippen molar-refractivity contribution < 1.29 is 0 Å². The van der Waals surface area contributed by atoms with Gasteiger partial charge in [0.15, 0.2) is 0 Å². The summed E-state index contributed by atoms with van der Waals surface area (Å²) in [5, 5.41) is 13.6. The van der Waals surface area contributed by atoms with Crippen LogP contribution in [0.4, 0.5) is 0 Å². The number of hydrogen-bond donors (Lipinski definition) is 4. The number of nitrogens with two attached hydrogens (primary N) is 2. The molecule has 0 aliphatic carbocycles. The van der Waals surface area contributed by atoms with E-state index in [0.29, 0.717) is 17.2 Å². The number of aliphatic imine (C=N–C) groups is 1. The van der Waals surface area contributed by atoms with E-state index in [1.165, 1.54) is 0 Å². The Kier molecular flexibility index (Phi) is 8.46. The van der Waals surface area contributed by atoms with Crippen LogP contribution in [-0.4, -0.2) is 17.4 Å². The maximum atomic E-state index is 6.87. The van der Waals surface area contributed by atoms with Gasteiger partial charge in [-0.25, -0.2) is 4.99 Å². The van der Waals surface area contributed by atoms with Crippen LogP contribution in [0.2, 0.25) is 0 Å². The van der Waals surface area contributed by atoms with Crippen LogP contribution in [0.5, 0.6) is 0 Å². The van der Waals surface area contributed by atoms with Crippen molar-refractivity contribution in [2.75, 3.05) is 0 Å². The van der Waals surface area contributed by atoms with Crippen LogP contribution in [0.25, 0.3) is 0 Å². The van der Waals surface area contributed by atoms with Crippen molar-refractivity contribution in [1.82, 2.24) is 0 Å². The highest BCUT2D eigenvalue weighted by Gasteiger charge is 1.77. The Bertz CT molecular complexity index is 226. The van der Waals surface area contributed by atoms with Crippen LogP contribution in [0, 0.1) is 10.8 Å². The highest BCUT2D eigenvalue weighted by atomic mass is 14.9. The quantitative estimate of drug-likeness (QED) is 0.374. The molecule has 6 N–H and O–H groups in total. The molecule has 0 saturated carbocycles. The molecular formula is C9H19N5. The molecule has 0 fully saturated rings. The van der Waals surface area contributed by atoms with Crippen molar-refractivity contribution in [1.29, 1.82) is 10.8 Å². The Morgan fingerprint density at radius 3 is 1.50 bits per heavy atom. The minimum absolute atomic E-state index is 0.250. The predicted octanol–water partition coefficient (Wildman–Crippen LogP) is 1.25. The first-order valence-corrected chi connectivity index (χ1v) is 4.10. The van der Waals surface area contributed by atoms with E-state index in [4.69, 9.17) is 22.3 Å². The predicted molar refractivity (Wildman–Crippen MR) is 62.0 cm³/mol. The van der Waals surface area contributed by atoms with Crippen LogP contribution < -0.4 is 11.5 Å². The van der Waals surface area contributed by atoms with Gasteiger partial charge in [-0.2, -0.15) is 0 Å². The molecule has 0 saturated heterocycles. The molecule has 0 aromatic heterocycles. The lowest BCUT2D eigenvalue weighted by atomic mass is 10.3. The number of hydrogen-bond acceptors (Lipinski definition) is 3. The maximum Gasteiger partial charge on any atom is 0.119 e. The molecule has 0 radical (unpaired) electrons. The highest BCUT2D eigenvalue weighted by molar-refractivity contribution is 5.92. The van der Waals surface area contributed by atoms with Crippen molar-refractivity contribution in [3.05, 3.63) is 11.8 Å². The van der Waals surface area contributed by atoms with Crippen LogP contribution >= 0.6 is 0 Å². The molecule has 5 nitrogen and oxygen atoms in total. The van der Waals surface area contributed by atoms with Gasteiger partial charge in [0, 0.05) is 11.4 Å². The number of amidine groups is 2. The second kappa shape index (κ2) is 7.97. The summed E-state index contributed by atoms with van der Waals surface area (Å²) in [7, 11) is 0. The van der Waals surface area contributed by atoms with E-state index >= 15 is 0 Å². The minimum Gasteiger partial charge on any atom is -0.402 e. The van der Waals surface area contributed by atoms with E-state index in [1.807, 2.05) is 0 Å². The maximum absolute atomic E-state index is 6.87. The lowest BCUT2D eigenvalue weighted by molar-refractivity contribution is 1.31. The average molecular weight is 197 g/mol. The van der Waals surface area contributed by atoms with Gasteiger partial charge in [-0.05, 0) is 33.8 Å². The fourth-order valence-electron chi connectivity index (χ4n) is 0.606. The Balaban J connectivity index is 0. The normalized spacial score (nSPS) is 11.4. The highest BCUT2D eigenvalue weighted by Crippen LogP contribution is 1.78. The zero-order chi connectivity index (χ0) is 11.7. The summed E-state index contributed by atoms with van der Waals surface area (Å²) in [6, 6.07) is 0. The van der Waals surface area contributed by atoms with Crippen LogP contribution in [-0.2, 0) is 0 Å². The summed E-state index contributed by atoms with van der Waals surface area (Å²) in [4.78, 5) is 3.56. The lowest BCUT2D eigenvalue weighted by Gasteiger charge is -1.84. The topological polar surface area (TPSA) is 112 Å². The first-order chi connectivity index (χ1) is 6.25. The SMILES string of the molecule is CC(=N)/C=C(/C)N.CC(=N)N=C(C)N. The van der Waals surface area contributed by atoms with Crippen molar-refractivity contribution in [2.45, 2.75) is 27.7 Å². The van der Waals surface area contributed by atoms with Gasteiger partial charge >= 0.3 is 0 Å². The molecule has 0 aromatic rings. The monoisotopic (exact) mass is 197 g/mol. The van der Waals surface area contributed by atoms with E-state index < -0.39 is 0 Å². The second-order valence-electron chi connectivity index (χ2n) is 2.91. The van der Waals surface area contributed by atoms with E-state index in [1.54, 1.807) is 33.8 Å². The minimum atomic E-state index is 0.250. The van der Waals surface area contributed by atoms with Crippen molar-refractivity contribution in [2.24, 2.45) is 16.5 Å². The van der Waals surface area contributed by atoms with Gasteiger partial charge in [0.2, 0.25) is 0 Å². The van der Waals surface area contributed by atoms with E-state index in [0.717, 1.165) is 0 Å². The molecule has 0 unspecified atom stereocenters. The summed E-state index contributed by atoms with van der Waals surface area (Å²) in [6.45, 7) is 6.68. The zero-order valence-electron chi connectivity index (χ0n) is 9.18. The number of nitrogens with zero attached hydrogens (tertiary/aromatic N) is 1. The third kappa shape index (κ3) is 22.4. The third-order valence-electron chi connectivity index (χ3n) is 0.788. The average Bonchev–Trinajstić information content (AvgIpc) is 1.79. The van der Waals surface area contributed by atoms with Crippen LogP contribution in [0.15, 0.2) is 16.8 Å². The van der Waals surface area contributed by atoms with Crippen molar-refractivity contribution in [3.63, 3.8) is 0 Å². The summed E-state index contributed by atoms with van der Waals surface area (Å²) in [5.74, 6) is 0.688. The summed E-state index contributed by atoms with van der Waals surface area (Å²) >= 11 is 0. The van der Waals surface area contributed by atoms with E-state index in [2.05, 4.69) is 4.99 Å². The Hall–Kier alpha value is -1.65. The van der Waals surface area contributed by atoms with Crippen molar-refractivity contribution in [3.8, 4) is 0 Å². The molecule has 0 spiro atoms. The van der Waals surface area contributed by atoms with Gasteiger partial charge in [0.1, 0.15) is 5.84 Å². The molecule has 0 amide bonds. The van der Waals surface area contributed by atoms with Gasteiger partial charge in [-0.3, -0.25) is 5.41 Å². The fraction of sp³-hybridized carbons (Fsp3) is 0.444. The smallest absolute Gasteiger partial charge is 0.119 e. The van der Waals surface area contributed by atoms with Crippen molar-refractivity contribution >= 4 is 17.4 Å². The molecule has 80 valence electrons. The Morgan fingerprint density at radius 1 is 1.07 bits per heavy atom. The molecule has 14 heavy (non-hydrogen) atoms. The molecule has 0 rings (SSSR count). The third-order valence-corrected chi connectivity index (χ3v) is 0.788. The molecular weight excluding hydrogens is 178 g/mol. The summed E-state index contributed by atoms with van der Waals surface area (Å²) < 4.78 is 0. The molecule has 0 bridgehead atoms. The largest absolute Gasteiger partial charge is 0.402 e. The molecule has 0 heterocycles. The molecule has 0 aliphatic heterocycles. The Labute approximate surface area is 84.9 Å². The standard InChI is InChI=1S/C5H10N2.C4H9N3/c1-4(6)3-5(2)7;1-3(5)7-4(2)6/h3,6H,7H2,1-2H3;1-2H3,(H3,5,6,7)/b5-3-,6-4?;. The second-order valence-corrected chi connectivity index (χ2v) is 2.91. The fourth-order valence-corrected chi connectivity index (χ4v) is 0.606. The van der Waals surface area contributed by atoms with Gasteiger partial charge < -0.3 is 16.9 Å². The molecule has 0 aromatic carbocycles. The molecule has 5 heteroatoms. The van der Waals surface area contributed by atoms with Gasteiger partial charge in [-0.1, -0.05) is 0 Å². The molecule has 0 atom stereocenters. The number of allylic oxidation sites excluding steroid dienone is 2. The van der Waals surface area contributed by atoms with E-state index in [9.17, 15) is 0 Å². The summed E-state index contributed by atoms with van der Waals surface area (Å²) in [6.07, 6.45) is 1.61. The van der Waals surface area contributed by atoms with Crippen LogP contribution in [0.1, 0.15) is 27.7 Å². The van der Waals surface area contributed by atoms with Gasteiger partial charge in [0.05, 0.1) is 5.84 Å². The zero-order valence-corrected chi connectivity index (χ0v) is 9.18. The lowest BCUT2D eigenvalue weighted by Crippen LogP contribution is -2.06. The summed E-state index contributed by atoms with van der Waals surface area (Å²) in [5.41, 5.74) is 11.5. The molecule has 0 aliphatic rings. The number of nitrogens with one attached hydrogen (secondary N) is 2. The first kappa shape index (κ1) is 14.9. The first-order valence-electron chi connectivity index (χ1n) is 4.10. The van der Waals surface area contributed by atoms with E-state index in [-0.39, 0.29) is 5.84 Å².